The molecule has 1 amide bonds. The number of para-hydroxylation sites is 2. The molecule has 1 aromatic rings. The second-order valence-electron chi connectivity index (χ2n) is 5.56. The zero-order valence-electron chi connectivity index (χ0n) is 12.4. The highest BCUT2D eigenvalue weighted by molar-refractivity contribution is 5.93. The molecule has 4 heteroatoms. The number of carbonyl (C=O) groups excluding carboxylic acids is 1. The Bertz CT molecular complexity index is 450. The Balaban J connectivity index is 1.78. The number of amides is 1. The van der Waals surface area contributed by atoms with Crippen molar-refractivity contribution < 1.29 is 9.53 Å². The monoisotopic (exact) mass is 276 g/mol. The van der Waals surface area contributed by atoms with E-state index >= 15 is 0 Å². The molecule has 0 bridgehead atoms. The van der Waals surface area contributed by atoms with Gasteiger partial charge >= 0.3 is 0 Å². The van der Waals surface area contributed by atoms with E-state index in [1.54, 1.807) is 7.11 Å². The normalized spacial score (nSPS) is 16.3. The fourth-order valence-electron chi connectivity index (χ4n) is 2.72. The van der Waals surface area contributed by atoms with Gasteiger partial charge in [-0.25, -0.2) is 0 Å². The second-order valence-corrected chi connectivity index (χ2v) is 5.56. The number of carbonyl (C=O) groups is 1. The van der Waals surface area contributed by atoms with Crippen molar-refractivity contribution in [3.63, 3.8) is 0 Å². The molecule has 1 aromatic carbocycles. The molecule has 0 heterocycles. The van der Waals surface area contributed by atoms with E-state index in [4.69, 9.17) is 4.74 Å². The van der Waals surface area contributed by atoms with Gasteiger partial charge in [-0.3, -0.25) is 4.79 Å². The van der Waals surface area contributed by atoms with Crippen LogP contribution in [0, 0.1) is 5.41 Å². The minimum Gasteiger partial charge on any atom is -0.495 e. The number of ether oxygens (including phenoxy) is 1. The minimum absolute atomic E-state index is 0.0277. The van der Waals surface area contributed by atoms with Crippen LogP contribution in [0.2, 0.25) is 0 Å². The van der Waals surface area contributed by atoms with Gasteiger partial charge in [0.25, 0.3) is 0 Å². The molecule has 0 unspecified atom stereocenters. The third kappa shape index (κ3) is 3.51. The van der Waals surface area contributed by atoms with E-state index in [9.17, 15) is 4.79 Å². The van der Waals surface area contributed by atoms with Gasteiger partial charge in [0.2, 0.25) is 5.91 Å². The maximum absolute atomic E-state index is 11.9. The van der Waals surface area contributed by atoms with Gasteiger partial charge in [-0.2, -0.15) is 0 Å². The van der Waals surface area contributed by atoms with Crippen LogP contribution in [0.15, 0.2) is 24.3 Å². The predicted molar refractivity (Wildman–Crippen MR) is 81.1 cm³/mol. The molecular formula is C16H24N2O2. The van der Waals surface area contributed by atoms with Crippen LogP contribution in [-0.2, 0) is 4.79 Å². The second kappa shape index (κ2) is 6.75. The van der Waals surface area contributed by atoms with Crippen molar-refractivity contribution in [2.75, 3.05) is 25.5 Å². The molecule has 0 radical (unpaired) electrons. The summed E-state index contributed by atoms with van der Waals surface area (Å²) in [4.78, 5) is 11.9. The van der Waals surface area contributed by atoms with Crippen molar-refractivity contribution in [3.05, 3.63) is 24.3 Å². The lowest BCUT2D eigenvalue weighted by Gasteiger charge is -2.41. The lowest BCUT2D eigenvalue weighted by Crippen LogP contribution is -2.41. The highest BCUT2D eigenvalue weighted by atomic mass is 16.5. The quantitative estimate of drug-likeness (QED) is 0.805. The number of methoxy groups -OCH3 is 1. The molecule has 2 rings (SSSR count). The Hall–Kier alpha value is -1.55. The lowest BCUT2D eigenvalue weighted by molar-refractivity contribution is -0.115. The lowest BCUT2D eigenvalue weighted by atomic mass is 9.67. The van der Waals surface area contributed by atoms with Gasteiger partial charge in [0.15, 0.2) is 0 Å². The van der Waals surface area contributed by atoms with E-state index in [1.165, 1.54) is 25.7 Å². The van der Waals surface area contributed by atoms with Crippen molar-refractivity contribution in [1.82, 2.24) is 5.32 Å². The Morgan fingerprint density at radius 2 is 2.10 bits per heavy atom. The maximum atomic E-state index is 11.9. The number of benzene rings is 1. The van der Waals surface area contributed by atoms with Crippen LogP contribution in [0.3, 0.4) is 0 Å². The van der Waals surface area contributed by atoms with Crippen molar-refractivity contribution in [1.29, 1.82) is 0 Å². The Morgan fingerprint density at radius 3 is 2.70 bits per heavy atom. The van der Waals surface area contributed by atoms with E-state index in [1.807, 2.05) is 24.3 Å². The van der Waals surface area contributed by atoms with Gasteiger partial charge in [-0.05, 0) is 36.8 Å². The molecule has 1 saturated carbocycles. The molecule has 0 atom stereocenters. The van der Waals surface area contributed by atoms with Crippen LogP contribution in [0.5, 0.6) is 5.75 Å². The zero-order chi connectivity index (χ0) is 14.4. The number of hydrogen-bond donors (Lipinski definition) is 2. The molecule has 2 N–H and O–H groups in total. The van der Waals surface area contributed by atoms with Crippen molar-refractivity contribution in [2.24, 2.45) is 5.41 Å². The molecule has 1 aliphatic carbocycles. The maximum Gasteiger partial charge on any atom is 0.238 e. The molecule has 0 aliphatic heterocycles. The molecule has 1 aliphatic rings. The molecule has 0 aromatic heterocycles. The Labute approximate surface area is 120 Å². The first kappa shape index (κ1) is 14.9. The molecule has 4 nitrogen and oxygen atoms in total. The van der Waals surface area contributed by atoms with Gasteiger partial charge in [0, 0.05) is 6.54 Å². The van der Waals surface area contributed by atoms with E-state index < -0.39 is 0 Å². The van der Waals surface area contributed by atoms with E-state index in [-0.39, 0.29) is 5.91 Å². The number of rotatable bonds is 7. The molecule has 0 spiro atoms. The largest absolute Gasteiger partial charge is 0.495 e. The SMILES string of the molecule is CCC1(CNCC(=O)Nc2ccccc2OC)CCC1. The van der Waals surface area contributed by atoms with Crippen LogP contribution < -0.4 is 15.4 Å². The summed E-state index contributed by atoms with van der Waals surface area (Å²) >= 11 is 0. The summed E-state index contributed by atoms with van der Waals surface area (Å²) in [6.45, 7) is 3.51. The first-order valence-electron chi connectivity index (χ1n) is 7.33. The Kier molecular flexibility index (Phi) is 5.01. The number of nitrogens with one attached hydrogen (secondary N) is 2. The van der Waals surface area contributed by atoms with Gasteiger partial charge in [-0.1, -0.05) is 25.5 Å². The summed E-state index contributed by atoms with van der Waals surface area (Å²) in [5, 5.41) is 6.16. The number of anilines is 1. The molecule has 110 valence electrons. The summed E-state index contributed by atoms with van der Waals surface area (Å²) in [5.74, 6) is 0.657. The van der Waals surface area contributed by atoms with E-state index in [2.05, 4.69) is 17.6 Å². The van der Waals surface area contributed by atoms with Gasteiger partial charge in [0.1, 0.15) is 5.75 Å². The smallest absolute Gasteiger partial charge is 0.238 e. The van der Waals surface area contributed by atoms with Crippen LogP contribution in [0.25, 0.3) is 0 Å². The molecule has 20 heavy (non-hydrogen) atoms. The van der Waals surface area contributed by atoms with Crippen molar-refractivity contribution in [2.45, 2.75) is 32.6 Å². The molecule has 1 fully saturated rings. The number of hydrogen-bond acceptors (Lipinski definition) is 3. The third-order valence-corrected chi connectivity index (χ3v) is 4.33. The van der Waals surface area contributed by atoms with Crippen molar-refractivity contribution >= 4 is 11.6 Å². The third-order valence-electron chi connectivity index (χ3n) is 4.33. The summed E-state index contributed by atoms with van der Waals surface area (Å²) in [6, 6.07) is 7.44. The first-order valence-corrected chi connectivity index (χ1v) is 7.33. The fourth-order valence-corrected chi connectivity index (χ4v) is 2.72. The molecular weight excluding hydrogens is 252 g/mol. The van der Waals surface area contributed by atoms with Crippen LogP contribution in [0.1, 0.15) is 32.6 Å². The average Bonchev–Trinajstić information content (AvgIpc) is 2.42. The predicted octanol–water partition coefficient (Wildman–Crippen LogP) is 2.80. The van der Waals surface area contributed by atoms with Gasteiger partial charge < -0.3 is 15.4 Å². The van der Waals surface area contributed by atoms with E-state index in [0.29, 0.717) is 17.7 Å². The Morgan fingerprint density at radius 1 is 1.35 bits per heavy atom. The summed E-state index contributed by atoms with van der Waals surface area (Å²) in [7, 11) is 1.60. The topological polar surface area (TPSA) is 50.4 Å². The van der Waals surface area contributed by atoms with Crippen LogP contribution >= 0.6 is 0 Å². The fraction of sp³-hybridized carbons (Fsp3) is 0.562. The summed E-state index contributed by atoms with van der Waals surface area (Å²) in [6.07, 6.45) is 5.08. The minimum atomic E-state index is -0.0277. The molecule has 0 saturated heterocycles. The van der Waals surface area contributed by atoms with Crippen molar-refractivity contribution in [3.8, 4) is 5.75 Å². The zero-order valence-corrected chi connectivity index (χ0v) is 12.4. The van der Waals surface area contributed by atoms with Crippen LogP contribution in [-0.4, -0.2) is 26.1 Å². The van der Waals surface area contributed by atoms with Crippen LogP contribution in [0.4, 0.5) is 5.69 Å². The average molecular weight is 276 g/mol. The highest BCUT2D eigenvalue weighted by Gasteiger charge is 2.34. The van der Waals surface area contributed by atoms with E-state index in [0.717, 1.165) is 12.2 Å². The first-order chi connectivity index (χ1) is 9.69. The summed E-state index contributed by atoms with van der Waals surface area (Å²) in [5.41, 5.74) is 1.15. The van der Waals surface area contributed by atoms with Gasteiger partial charge in [-0.15, -0.1) is 0 Å². The highest BCUT2D eigenvalue weighted by Crippen LogP contribution is 2.42. The summed E-state index contributed by atoms with van der Waals surface area (Å²) < 4.78 is 5.21. The standard InChI is InChI=1S/C16H24N2O2/c1-3-16(9-6-10-16)12-17-11-15(19)18-13-7-4-5-8-14(13)20-2/h4-5,7-8,17H,3,6,9-12H2,1-2H3,(H,18,19). The van der Waals surface area contributed by atoms with Gasteiger partial charge in [0.05, 0.1) is 19.3 Å².